The van der Waals surface area contributed by atoms with Crippen LogP contribution in [-0.2, 0) is 0 Å². The number of aromatic hydroxyl groups is 2. The molecule has 0 aliphatic rings. The van der Waals surface area contributed by atoms with Crippen LogP contribution in [0.2, 0.25) is 10.0 Å². The summed E-state index contributed by atoms with van der Waals surface area (Å²) in [5.41, 5.74) is -0.494. The molecule has 3 N–H and O–H groups in total. The second kappa shape index (κ2) is 3.32. The van der Waals surface area contributed by atoms with Crippen LogP contribution in [0.4, 0.5) is 0 Å². The van der Waals surface area contributed by atoms with Gasteiger partial charge in [0.1, 0.15) is 21.4 Å². The van der Waals surface area contributed by atoms with Crippen LogP contribution in [0.15, 0.2) is 6.07 Å². The van der Waals surface area contributed by atoms with E-state index in [0.29, 0.717) is 0 Å². The summed E-state index contributed by atoms with van der Waals surface area (Å²) in [7, 11) is 0. The summed E-state index contributed by atoms with van der Waals surface area (Å²) in [6.07, 6.45) is 0. The molecule has 70 valence electrons. The Hall–Kier alpha value is -1.13. The molecule has 0 unspecified atom stereocenters. The van der Waals surface area contributed by atoms with Gasteiger partial charge in [0, 0.05) is 0 Å². The van der Waals surface area contributed by atoms with Gasteiger partial charge in [0.2, 0.25) is 0 Å². The number of carbonyl (C=O) groups is 1. The quantitative estimate of drug-likeness (QED) is 0.637. The molecule has 0 aliphatic carbocycles. The van der Waals surface area contributed by atoms with Crippen molar-refractivity contribution in [3.63, 3.8) is 0 Å². The van der Waals surface area contributed by atoms with Gasteiger partial charge in [-0.3, -0.25) is 0 Å². The first-order valence-electron chi connectivity index (χ1n) is 3.08. The predicted molar refractivity (Wildman–Crippen MR) is 46.8 cm³/mol. The van der Waals surface area contributed by atoms with E-state index < -0.39 is 23.0 Å². The van der Waals surface area contributed by atoms with E-state index in [-0.39, 0.29) is 10.0 Å². The van der Waals surface area contributed by atoms with Gasteiger partial charge in [0.15, 0.2) is 5.75 Å². The first-order valence-corrected chi connectivity index (χ1v) is 3.84. The average molecular weight is 223 g/mol. The molecule has 1 aromatic rings. The van der Waals surface area contributed by atoms with Gasteiger partial charge in [-0.15, -0.1) is 0 Å². The van der Waals surface area contributed by atoms with Crippen molar-refractivity contribution in [3.05, 3.63) is 21.7 Å². The summed E-state index contributed by atoms with van der Waals surface area (Å²) in [4.78, 5) is 10.5. The van der Waals surface area contributed by atoms with Gasteiger partial charge in [-0.1, -0.05) is 23.2 Å². The molecule has 0 fully saturated rings. The Morgan fingerprint density at radius 3 is 2.23 bits per heavy atom. The molecule has 13 heavy (non-hydrogen) atoms. The molecule has 0 aromatic heterocycles. The van der Waals surface area contributed by atoms with Gasteiger partial charge in [-0.25, -0.2) is 4.79 Å². The Kier molecular flexibility index (Phi) is 2.54. The predicted octanol–water partition coefficient (Wildman–Crippen LogP) is 2.10. The number of aromatic carboxylic acids is 1. The van der Waals surface area contributed by atoms with E-state index in [1.165, 1.54) is 0 Å². The van der Waals surface area contributed by atoms with E-state index in [0.717, 1.165) is 6.07 Å². The van der Waals surface area contributed by atoms with Crippen molar-refractivity contribution in [3.8, 4) is 11.5 Å². The van der Waals surface area contributed by atoms with Gasteiger partial charge in [0.25, 0.3) is 0 Å². The minimum absolute atomic E-state index is 0.274. The van der Waals surface area contributed by atoms with Gasteiger partial charge < -0.3 is 15.3 Å². The number of phenolic OH excluding ortho intramolecular Hbond substituents is 1. The first-order chi connectivity index (χ1) is 5.95. The van der Waals surface area contributed by atoms with E-state index in [2.05, 4.69) is 0 Å². The molecule has 0 amide bonds. The Labute approximate surface area is 82.9 Å². The second-order valence-corrected chi connectivity index (χ2v) is 2.98. The van der Waals surface area contributed by atoms with Crippen molar-refractivity contribution in [2.45, 2.75) is 0 Å². The van der Waals surface area contributed by atoms with Crippen molar-refractivity contribution < 1.29 is 20.1 Å². The largest absolute Gasteiger partial charge is 0.506 e. The smallest absolute Gasteiger partial charge is 0.339 e. The molecule has 6 heteroatoms. The molecule has 0 spiro atoms. The fourth-order valence-electron chi connectivity index (χ4n) is 0.766. The molecule has 4 nitrogen and oxygen atoms in total. The van der Waals surface area contributed by atoms with Crippen LogP contribution in [0.25, 0.3) is 0 Å². The normalized spacial score (nSPS) is 10.0. The third-order valence-electron chi connectivity index (χ3n) is 1.39. The van der Waals surface area contributed by atoms with Crippen LogP contribution >= 0.6 is 23.2 Å². The Morgan fingerprint density at radius 1 is 1.23 bits per heavy atom. The number of carboxylic acids is 1. The molecule has 0 bridgehead atoms. The van der Waals surface area contributed by atoms with Gasteiger partial charge in [0.05, 0.1) is 0 Å². The maximum absolute atomic E-state index is 10.5. The third kappa shape index (κ3) is 1.64. The second-order valence-electron chi connectivity index (χ2n) is 2.22. The maximum Gasteiger partial charge on any atom is 0.339 e. The standard InChI is InChI=1S/C7H4Cl2O4/c8-4-3(10)1-2(7(12)13)6(11)5(4)9/h1,10-11H,(H,12,13). The summed E-state index contributed by atoms with van der Waals surface area (Å²) < 4.78 is 0. The van der Waals surface area contributed by atoms with Crippen LogP contribution in [0.3, 0.4) is 0 Å². The number of benzene rings is 1. The lowest BCUT2D eigenvalue weighted by atomic mass is 10.2. The van der Waals surface area contributed by atoms with Crippen molar-refractivity contribution in [1.82, 2.24) is 0 Å². The Bertz CT molecular complexity index is 375. The van der Waals surface area contributed by atoms with E-state index in [9.17, 15) is 4.79 Å². The van der Waals surface area contributed by atoms with E-state index in [1.54, 1.807) is 0 Å². The molecule has 1 rings (SSSR count). The van der Waals surface area contributed by atoms with Gasteiger partial charge in [-0.05, 0) is 6.07 Å². The highest BCUT2D eigenvalue weighted by Crippen LogP contribution is 2.40. The average Bonchev–Trinajstić information content (AvgIpc) is 2.07. The van der Waals surface area contributed by atoms with E-state index >= 15 is 0 Å². The zero-order chi connectivity index (χ0) is 10.2. The van der Waals surface area contributed by atoms with Crippen molar-refractivity contribution in [1.29, 1.82) is 0 Å². The summed E-state index contributed by atoms with van der Waals surface area (Å²) in [6.45, 7) is 0. The highest BCUT2D eigenvalue weighted by Gasteiger charge is 2.18. The number of hydrogen-bond donors (Lipinski definition) is 3. The fraction of sp³-hybridized carbons (Fsp3) is 0. The monoisotopic (exact) mass is 222 g/mol. The highest BCUT2D eigenvalue weighted by molar-refractivity contribution is 6.44. The summed E-state index contributed by atoms with van der Waals surface area (Å²) in [5, 5.41) is 26.1. The Morgan fingerprint density at radius 2 is 1.77 bits per heavy atom. The number of rotatable bonds is 1. The summed E-state index contributed by atoms with van der Waals surface area (Å²) >= 11 is 10.9. The molecule has 0 radical (unpaired) electrons. The van der Waals surface area contributed by atoms with Crippen LogP contribution in [0, 0.1) is 0 Å². The molecular formula is C7H4Cl2O4. The number of hydrogen-bond acceptors (Lipinski definition) is 3. The van der Waals surface area contributed by atoms with Gasteiger partial charge in [-0.2, -0.15) is 0 Å². The van der Waals surface area contributed by atoms with Crippen molar-refractivity contribution in [2.24, 2.45) is 0 Å². The summed E-state index contributed by atoms with van der Waals surface area (Å²) in [6, 6.07) is 0.825. The molecule has 0 aliphatic heterocycles. The van der Waals surface area contributed by atoms with Crippen molar-refractivity contribution in [2.75, 3.05) is 0 Å². The zero-order valence-corrected chi connectivity index (χ0v) is 7.60. The lowest BCUT2D eigenvalue weighted by Gasteiger charge is -2.05. The number of halogens is 2. The number of phenols is 2. The molecule has 0 saturated carbocycles. The maximum atomic E-state index is 10.5. The topological polar surface area (TPSA) is 77.8 Å². The number of carboxylic acid groups (broad SMARTS) is 1. The van der Waals surface area contributed by atoms with E-state index in [1.807, 2.05) is 0 Å². The SMILES string of the molecule is O=C(O)c1cc(O)c(Cl)c(Cl)c1O. The molecule has 0 atom stereocenters. The van der Waals surface area contributed by atoms with Crippen molar-refractivity contribution >= 4 is 29.2 Å². The first kappa shape index (κ1) is 9.95. The van der Waals surface area contributed by atoms with Crippen LogP contribution < -0.4 is 0 Å². The summed E-state index contributed by atoms with van der Waals surface area (Å²) in [5.74, 6) is -2.54. The molecule has 1 aromatic carbocycles. The Balaban J connectivity index is 3.50. The van der Waals surface area contributed by atoms with Crippen LogP contribution in [0.1, 0.15) is 10.4 Å². The fourth-order valence-corrected chi connectivity index (χ4v) is 1.11. The lowest BCUT2D eigenvalue weighted by Crippen LogP contribution is -1.97. The zero-order valence-electron chi connectivity index (χ0n) is 6.08. The molecule has 0 heterocycles. The lowest BCUT2D eigenvalue weighted by molar-refractivity contribution is 0.0693. The molecular weight excluding hydrogens is 219 g/mol. The third-order valence-corrected chi connectivity index (χ3v) is 2.24. The highest BCUT2D eigenvalue weighted by atomic mass is 35.5. The molecule has 0 saturated heterocycles. The minimum Gasteiger partial charge on any atom is -0.506 e. The minimum atomic E-state index is -1.40. The van der Waals surface area contributed by atoms with E-state index in [4.69, 9.17) is 38.5 Å². The van der Waals surface area contributed by atoms with Crippen LogP contribution in [0.5, 0.6) is 11.5 Å². The van der Waals surface area contributed by atoms with Crippen LogP contribution in [-0.4, -0.2) is 21.3 Å². The van der Waals surface area contributed by atoms with Gasteiger partial charge >= 0.3 is 5.97 Å².